The Hall–Kier alpha value is -5.73. The maximum atomic E-state index is 15.4. The molecule has 0 fully saturated rings. The number of benzene rings is 2. The second kappa shape index (κ2) is 15.5. The Morgan fingerprint density at radius 1 is 0.969 bits per heavy atom. The fourth-order valence-corrected chi connectivity index (χ4v) is 7.95. The number of fused-ring (bicyclic) bond motifs is 4. The van der Waals surface area contributed by atoms with Crippen molar-refractivity contribution >= 4 is 65.4 Å². The molecule has 0 radical (unpaired) electrons. The molecular formula is C40H30ClF10N7O4S2. The van der Waals surface area contributed by atoms with E-state index in [-0.39, 0.29) is 37.5 Å². The molecule has 0 aliphatic heterocycles. The van der Waals surface area contributed by atoms with Crippen LogP contribution >= 0.6 is 11.6 Å². The van der Waals surface area contributed by atoms with Gasteiger partial charge in [-0.1, -0.05) is 29.7 Å². The van der Waals surface area contributed by atoms with Crippen LogP contribution in [0.25, 0.3) is 22.0 Å². The highest BCUT2D eigenvalue weighted by Gasteiger charge is 2.62. The molecule has 0 saturated heterocycles. The number of sulfonamides is 1. The minimum Gasteiger partial charge on any atom is -0.270 e. The molecule has 11 nitrogen and oxygen atoms in total. The van der Waals surface area contributed by atoms with Crippen LogP contribution < -0.4 is 4.72 Å². The number of amides is 1. The number of carbonyl (C=O) groups excluding carboxylic acids is 1. The number of carbonyl (C=O) groups is 1. The summed E-state index contributed by atoms with van der Waals surface area (Å²) < 4.78 is 184. The lowest BCUT2D eigenvalue weighted by Crippen LogP contribution is -2.28. The van der Waals surface area contributed by atoms with E-state index in [1.54, 1.807) is 0 Å². The van der Waals surface area contributed by atoms with Crippen molar-refractivity contribution in [2.24, 2.45) is 4.99 Å². The topological polar surface area (TPSA) is 141 Å². The van der Waals surface area contributed by atoms with Gasteiger partial charge in [0.15, 0.2) is 11.5 Å². The van der Waals surface area contributed by atoms with Gasteiger partial charge in [-0.2, -0.15) is 45.3 Å². The lowest BCUT2D eigenvalue weighted by molar-refractivity contribution is -0.142. The smallest absolute Gasteiger partial charge is 0.270 e. The van der Waals surface area contributed by atoms with E-state index in [4.69, 9.17) is 11.6 Å². The zero-order valence-electron chi connectivity index (χ0n) is 33.3. The first kappa shape index (κ1) is 46.3. The summed E-state index contributed by atoms with van der Waals surface area (Å²) in [4.78, 5) is 22.5. The summed E-state index contributed by atoms with van der Waals surface area (Å²) >= 11 is 6.46. The molecule has 64 heavy (non-hydrogen) atoms. The fraction of sp³-hybridized carbons (Fsp3) is 0.300. The SMILES string of the molecule is C=S(C)(=O)C(C)(C)C#Cc1ccc(-c2ccc(Cl)c3c(NS(C)(=O)=O)nn(CC(F)(F)F)c23)c(C(Cc2cc(F)cc(F)c2)=NC(=O)Cn2nc(C(F)(F)F)c3c2C(F)(F)C2=C[C@@H]23)n1. The number of anilines is 1. The molecule has 2 aliphatic rings. The molecule has 24 heteroatoms. The molecule has 338 valence electrons. The van der Waals surface area contributed by atoms with Crippen LogP contribution in [-0.4, -0.2) is 78.1 Å². The van der Waals surface area contributed by atoms with E-state index >= 15 is 8.78 Å². The third-order valence-corrected chi connectivity index (χ3v) is 13.3. The Labute approximate surface area is 362 Å². The second-order valence-electron chi connectivity index (χ2n) is 15.5. The van der Waals surface area contributed by atoms with Crippen molar-refractivity contribution in [3.05, 3.63) is 105 Å². The number of halogens is 11. The molecule has 0 saturated carbocycles. The Kier molecular flexibility index (Phi) is 11.2. The predicted octanol–water partition coefficient (Wildman–Crippen LogP) is 8.04. The molecule has 3 heterocycles. The van der Waals surface area contributed by atoms with Crippen molar-refractivity contribution in [3.8, 4) is 23.0 Å². The third-order valence-electron chi connectivity index (χ3n) is 10.1. The molecule has 0 bridgehead atoms. The monoisotopic (exact) mass is 961 g/mol. The first-order chi connectivity index (χ1) is 29.3. The fourth-order valence-electron chi connectivity index (χ4n) is 6.95. The van der Waals surface area contributed by atoms with Gasteiger partial charge in [-0.3, -0.25) is 23.1 Å². The largest absolute Gasteiger partial charge is 0.435 e. The minimum absolute atomic E-state index is 0.157. The number of pyridine rings is 1. The van der Waals surface area contributed by atoms with Crippen LogP contribution in [0.1, 0.15) is 53.7 Å². The van der Waals surface area contributed by atoms with Crippen molar-refractivity contribution in [2.75, 3.05) is 17.2 Å². The lowest BCUT2D eigenvalue weighted by atomic mass is 9.95. The maximum Gasteiger partial charge on any atom is 0.435 e. The minimum atomic E-state index is -5.22. The number of nitrogens with one attached hydrogen (secondary N) is 1. The number of aromatic nitrogens is 5. The number of alkyl halides is 8. The number of nitrogens with zero attached hydrogens (tertiary/aromatic N) is 6. The van der Waals surface area contributed by atoms with Crippen molar-refractivity contribution < 1.29 is 61.3 Å². The van der Waals surface area contributed by atoms with Crippen molar-refractivity contribution in [1.29, 1.82) is 0 Å². The average molecular weight is 962 g/mol. The van der Waals surface area contributed by atoms with Gasteiger partial charge in [0, 0.05) is 46.9 Å². The van der Waals surface area contributed by atoms with Crippen LogP contribution in [0.4, 0.5) is 49.7 Å². The summed E-state index contributed by atoms with van der Waals surface area (Å²) in [5.74, 6) is -0.476. The number of hydrogen-bond acceptors (Lipinski definition) is 7. The average Bonchev–Trinajstić information content (AvgIpc) is 3.66. The van der Waals surface area contributed by atoms with Crippen LogP contribution in [0.15, 0.2) is 59.1 Å². The summed E-state index contributed by atoms with van der Waals surface area (Å²) in [6.45, 7) is -0.147. The molecule has 2 atom stereocenters. The van der Waals surface area contributed by atoms with E-state index < -0.39 is 131 Å². The van der Waals surface area contributed by atoms with E-state index in [0.717, 1.165) is 18.2 Å². The van der Waals surface area contributed by atoms with E-state index in [9.17, 15) is 52.5 Å². The zero-order valence-corrected chi connectivity index (χ0v) is 35.7. The van der Waals surface area contributed by atoms with Gasteiger partial charge < -0.3 is 0 Å². The van der Waals surface area contributed by atoms with Gasteiger partial charge in [0.2, 0.25) is 10.0 Å². The second-order valence-corrected chi connectivity index (χ2v) is 20.7. The summed E-state index contributed by atoms with van der Waals surface area (Å²) in [6, 6.07) is 6.97. The molecule has 0 spiro atoms. The summed E-state index contributed by atoms with van der Waals surface area (Å²) in [6.07, 6.45) is -7.99. The highest BCUT2D eigenvalue weighted by atomic mass is 35.5. The number of aliphatic imine (C=N–C) groups is 1. The van der Waals surface area contributed by atoms with Gasteiger partial charge in [-0.25, -0.2) is 27.2 Å². The molecule has 1 unspecified atom stereocenters. The molecule has 1 amide bonds. The van der Waals surface area contributed by atoms with E-state index in [2.05, 4.69) is 37.9 Å². The summed E-state index contributed by atoms with van der Waals surface area (Å²) in [7, 11) is -7.07. The Morgan fingerprint density at radius 3 is 2.20 bits per heavy atom. The molecule has 1 N–H and O–H groups in total. The highest BCUT2D eigenvalue weighted by Crippen LogP contribution is 2.63. The Bertz CT molecular complexity index is 3160. The van der Waals surface area contributed by atoms with Gasteiger partial charge in [0.25, 0.3) is 5.91 Å². The summed E-state index contributed by atoms with van der Waals surface area (Å²) in [5, 5.41) is 6.54. The molecule has 3 aromatic heterocycles. The van der Waals surface area contributed by atoms with Gasteiger partial charge >= 0.3 is 18.3 Å². The zero-order chi connectivity index (χ0) is 47.3. The third kappa shape index (κ3) is 9.12. The van der Waals surface area contributed by atoms with Crippen LogP contribution in [0, 0.1) is 23.5 Å². The van der Waals surface area contributed by atoms with Crippen molar-refractivity contribution in [3.63, 3.8) is 0 Å². The maximum absolute atomic E-state index is 15.4. The number of rotatable bonds is 10. The molecule has 2 aromatic carbocycles. The number of allylic oxidation sites excluding steroid dienone is 2. The lowest BCUT2D eigenvalue weighted by Gasteiger charge is -2.19. The predicted molar refractivity (Wildman–Crippen MR) is 218 cm³/mol. The van der Waals surface area contributed by atoms with Crippen molar-refractivity contribution in [1.82, 2.24) is 24.5 Å². The van der Waals surface area contributed by atoms with Crippen LogP contribution in [-0.2, 0) is 55.9 Å². The van der Waals surface area contributed by atoms with Gasteiger partial charge in [0.1, 0.15) is 36.1 Å². The number of hydrogen-bond donors (Lipinski definition) is 1. The molecule has 5 aromatic rings. The first-order valence-electron chi connectivity index (χ1n) is 18.3. The normalized spacial score (nSPS) is 17.0. The highest BCUT2D eigenvalue weighted by molar-refractivity contribution is 8.01. The van der Waals surface area contributed by atoms with Crippen LogP contribution in [0.2, 0.25) is 5.02 Å². The summed E-state index contributed by atoms with van der Waals surface area (Å²) in [5.41, 5.74) is -6.68. The molecular weight excluding hydrogens is 932 g/mol. The Balaban J connectivity index is 1.50. The van der Waals surface area contributed by atoms with Gasteiger partial charge in [-0.05, 0) is 71.1 Å². The van der Waals surface area contributed by atoms with E-state index in [1.807, 2.05) is 4.72 Å². The molecule has 2 aliphatic carbocycles. The van der Waals surface area contributed by atoms with Gasteiger partial charge in [-0.15, -0.1) is 0 Å². The van der Waals surface area contributed by atoms with Gasteiger partial charge in [0.05, 0.1) is 38.3 Å². The van der Waals surface area contributed by atoms with E-state index in [1.165, 1.54) is 44.4 Å². The standard InChI is InChI=1S/C40H30ClF10N7O4S2/c1-37(2,63(3,4)60)11-10-22-6-7-23(24-8-9-27(41)31-33(24)58(18-38(44,45)46)55-36(31)56-64(5,61)62)32(52-22)28(14-19-12-20(42)15-21(43)13-19)53-29(59)17-57-35-30(34(54-57)40(49,50)51)25-16-26(25)39(35,47)48/h6-9,12-13,15-16,25H,3,14,17-18H2,1-2,4-5H3,(H,55,56)/t25-,63?/m0/s1. The van der Waals surface area contributed by atoms with Crippen LogP contribution in [0.3, 0.4) is 0 Å². The van der Waals surface area contributed by atoms with E-state index in [0.29, 0.717) is 17.0 Å². The quantitative estimate of drug-likeness (QED) is 0.0491. The molecule has 7 rings (SSSR count). The van der Waals surface area contributed by atoms with Crippen LogP contribution in [0.5, 0.6) is 0 Å². The van der Waals surface area contributed by atoms with Crippen molar-refractivity contribution in [2.45, 2.75) is 62.3 Å². The Morgan fingerprint density at radius 2 is 1.61 bits per heavy atom. The first-order valence-corrected chi connectivity index (χ1v) is 22.7.